The normalized spacial score (nSPS) is 15.6. The van der Waals surface area contributed by atoms with Crippen molar-refractivity contribution in [1.29, 1.82) is 0 Å². The van der Waals surface area contributed by atoms with Gasteiger partial charge in [-0.25, -0.2) is 0 Å². The topological polar surface area (TPSA) is 54.7 Å². The molecule has 0 spiro atoms. The van der Waals surface area contributed by atoms with Gasteiger partial charge in [-0.1, -0.05) is 30.3 Å². The zero-order chi connectivity index (χ0) is 20.4. The van der Waals surface area contributed by atoms with Gasteiger partial charge in [0.2, 0.25) is 0 Å². The number of para-hydroxylation sites is 1. The predicted molar refractivity (Wildman–Crippen MR) is 114 cm³/mol. The molecule has 1 aliphatic heterocycles. The van der Waals surface area contributed by atoms with E-state index in [-0.39, 0.29) is 11.9 Å². The Balaban J connectivity index is 1.35. The summed E-state index contributed by atoms with van der Waals surface area (Å²) in [6.45, 7) is 6.78. The molecule has 1 fully saturated rings. The van der Waals surface area contributed by atoms with E-state index in [0.29, 0.717) is 5.76 Å². The lowest BCUT2D eigenvalue weighted by Crippen LogP contribution is -2.44. The zero-order valence-electron chi connectivity index (χ0n) is 17.3. The fourth-order valence-corrected chi connectivity index (χ4v) is 4.12. The molecule has 1 aromatic heterocycles. The third-order valence-electron chi connectivity index (χ3n) is 5.83. The van der Waals surface area contributed by atoms with Crippen molar-refractivity contribution < 1.29 is 13.9 Å². The summed E-state index contributed by atoms with van der Waals surface area (Å²) in [4.78, 5) is 15.2. The minimum Gasteiger partial charge on any atom is -0.497 e. The Kier molecular flexibility index (Phi) is 5.58. The van der Waals surface area contributed by atoms with Gasteiger partial charge in [-0.05, 0) is 49.9 Å². The Morgan fingerprint density at radius 2 is 1.93 bits per heavy atom. The average molecular weight is 392 g/mol. The molecular formula is C24H28N2O3. The number of nitrogens with zero attached hydrogens (tertiary/aromatic N) is 1. The molecule has 29 heavy (non-hydrogen) atoms. The molecule has 2 heterocycles. The maximum atomic E-state index is 12.8. The van der Waals surface area contributed by atoms with Gasteiger partial charge in [-0.2, -0.15) is 0 Å². The first-order chi connectivity index (χ1) is 14.0. The summed E-state index contributed by atoms with van der Waals surface area (Å²) in [5.41, 5.74) is 4.02. The van der Waals surface area contributed by atoms with Crippen molar-refractivity contribution in [1.82, 2.24) is 10.2 Å². The predicted octanol–water partition coefficient (Wildman–Crippen LogP) is 4.45. The van der Waals surface area contributed by atoms with Crippen LogP contribution in [0, 0.1) is 13.8 Å². The van der Waals surface area contributed by atoms with E-state index in [1.165, 1.54) is 5.56 Å². The first-order valence-corrected chi connectivity index (χ1v) is 10.2. The summed E-state index contributed by atoms with van der Waals surface area (Å²) in [6, 6.07) is 14.4. The van der Waals surface area contributed by atoms with Crippen LogP contribution >= 0.6 is 0 Å². The number of rotatable bonds is 5. The van der Waals surface area contributed by atoms with Crippen molar-refractivity contribution in [2.24, 2.45) is 0 Å². The third-order valence-corrected chi connectivity index (χ3v) is 5.83. The van der Waals surface area contributed by atoms with E-state index in [9.17, 15) is 4.79 Å². The van der Waals surface area contributed by atoms with Crippen LogP contribution in [0.5, 0.6) is 5.75 Å². The second-order valence-electron chi connectivity index (χ2n) is 7.88. The summed E-state index contributed by atoms with van der Waals surface area (Å²) in [5.74, 6) is 1.22. The van der Waals surface area contributed by atoms with Crippen LogP contribution in [0.4, 0.5) is 0 Å². The lowest BCUT2D eigenvalue weighted by atomic mass is 10.0. The lowest BCUT2D eigenvalue weighted by Gasteiger charge is -2.32. The highest BCUT2D eigenvalue weighted by Gasteiger charge is 2.24. The number of carbonyl (C=O) groups excluding carboxylic acids is 1. The molecule has 0 saturated carbocycles. The molecule has 0 atom stereocenters. The number of aryl methyl sites for hydroxylation is 2. The number of ether oxygens (including phenoxy) is 1. The summed E-state index contributed by atoms with van der Waals surface area (Å²) in [7, 11) is 1.69. The van der Waals surface area contributed by atoms with E-state index in [0.717, 1.165) is 60.3 Å². The van der Waals surface area contributed by atoms with E-state index >= 15 is 0 Å². The van der Waals surface area contributed by atoms with Crippen LogP contribution in [0.15, 0.2) is 46.9 Å². The van der Waals surface area contributed by atoms with Gasteiger partial charge >= 0.3 is 0 Å². The quantitative estimate of drug-likeness (QED) is 0.697. The van der Waals surface area contributed by atoms with Gasteiger partial charge in [0, 0.05) is 36.6 Å². The highest BCUT2D eigenvalue weighted by Crippen LogP contribution is 2.28. The van der Waals surface area contributed by atoms with E-state index in [2.05, 4.69) is 22.3 Å². The molecule has 0 unspecified atom stereocenters. The Labute approximate surface area is 171 Å². The van der Waals surface area contributed by atoms with Crippen molar-refractivity contribution >= 4 is 16.9 Å². The summed E-state index contributed by atoms with van der Waals surface area (Å²) >= 11 is 0. The average Bonchev–Trinajstić information content (AvgIpc) is 3.08. The van der Waals surface area contributed by atoms with Gasteiger partial charge in [-0.15, -0.1) is 0 Å². The van der Waals surface area contributed by atoms with Crippen LogP contribution in [0.1, 0.15) is 40.1 Å². The maximum absolute atomic E-state index is 12.8. The highest BCUT2D eigenvalue weighted by atomic mass is 16.5. The van der Waals surface area contributed by atoms with Crippen LogP contribution in [0.25, 0.3) is 11.0 Å². The van der Waals surface area contributed by atoms with Gasteiger partial charge in [0.1, 0.15) is 11.3 Å². The molecule has 0 aliphatic carbocycles. The summed E-state index contributed by atoms with van der Waals surface area (Å²) in [5, 5.41) is 4.20. The number of nitrogens with one attached hydrogen (secondary N) is 1. The van der Waals surface area contributed by atoms with E-state index in [1.807, 2.05) is 44.2 Å². The van der Waals surface area contributed by atoms with Gasteiger partial charge in [0.15, 0.2) is 5.76 Å². The molecular weight excluding hydrogens is 364 g/mol. The van der Waals surface area contributed by atoms with Gasteiger partial charge in [0.25, 0.3) is 5.91 Å². The molecule has 4 rings (SSSR count). The number of amides is 1. The number of carbonyl (C=O) groups is 1. The molecule has 3 aromatic rings. The number of benzene rings is 2. The van der Waals surface area contributed by atoms with Crippen LogP contribution in [0.3, 0.4) is 0 Å². The van der Waals surface area contributed by atoms with Crippen LogP contribution in [-0.4, -0.2) is 37.0 Å². The number of likely N-dealkylation sites (tertiary alicyclic amines) is 1. The van der Waals surface area contributed by atoms with Gasteiger partial charge < -0.3 is 14.5 Å². The number of furan rings is 1. The van der Waals surface area contributed by atoms with Crippen molar-refractivity contribution in [3.05, 3.63) is 64.9 Å². The molecule has 152 valence electrons. The van der Waals surface area contributed by atoms with Crippen molar-refractivity contribution in [2.75, 3.05) is 20.2 Å². The number of hydrogen-bond acceptors (Lipinski definition) is 4. The highest BCUT2D eigenvalue weighted by molar-refractivity contribution is 5.99. The van der Waals surface area contributed by atoms with Crippen LogP contribution < -0.4 is 10.1 Å². The number of hydrogen-bond donors (Lipinski definition) is 1. The van der Waals surface area contributed by atoms with E-state index in [1.54, 1.807) is 7.11 Å². The van der Waals surface area contributed by atoms with Crippen LogP contribution in [0.2, 0.25) is 0 Å². The molecule has 1 aliphatic rings. The first kappa shape index (κ1) is 19.5. The fraction of sp³-hybridized carbons (Fsp3) is 0.375. The SMILES string of the molecule is COc1cccc(CN2CCC(NC(=O)c3oc4c(C)cccc4c3C)CC2)c1. The van der Waals surface area contributed by atoms with Gasteiger partial charge in [-0.3, -0.25) is 9.69 Å². The molecule has 1 N–H and O–H groups in total. The maximum Gasteiger partial charge on any atom is 0.287 e. The van der Waals surface area contributed by atoms with Crippen molar-refractivity contribution in [3.63, 3.8) is 0 Å². The fourth-order valence-electron chi connectivity index (χ4n) is 4.12. The molecule has 1 amide bonds. The van der Waals surface area contributed by atoms with E-state index < -0.39 is 0 Å². The molecule has 2 aromatic carbocycles. The largest absolute Gasteiger partial charge is 0.497 e. The minimum atomic E-state index is -0.107. The Morgan fingerprint density at radius 1 is 1.17 bits per heavy atom. The Morgan fingerprint density at radius 3 is 2.66 bits per heavy atom. The summed E-state index contributed by atoms with van der Waals surface area (Å²) in [6.07, 6.45) is 1.88. The van der Waals surface area contributed by atoms with Crippen molar-refractivity contribution in [2.45, 2.75) is 39.3 Å². The number of fused-ring (bicyclic) bond motifs is 1. The first-order valence-electron chi connectivity index (χ1n) is 10.2. The molecule has 0 bridgehead atoms. The molecule has 1 saturated heterocycles. The number of piperidine rings is 1. The minimum absolute atomic E-state index is 0.107. The second-order valence-corrected chi connectivity index (χ2v) is 7.88. The van der Waals surface area contributed by atoms with Crippen molar-refractivity contribution in [3.8, 4) is 5.75 Å². The molecule has 0 radical (unpaired) electrons. The number of methoxy groups -OCH3 is 1. The molecule has 5 nitrogen and oxygen atoms in total. The third kappa shape index (κ3) is 4.15. The monoisotopic (exact) mass is 392 g/mol. The zero-order valence-corrected chi connectivity index (χ0v) is 17.3. The smallest absolute Gasteiger partial charge is 0.287 e. The van der Waals surface area contributed by atoms with Gasteiger partial charge in [0.05, 0.1) is 7.11 Å². The van der Waals surface area contributed by atoms with E-state index in [4.69, 9.17) is 9.15 Å². The summed E-state index contributed by atoms with van der Waals surface area (Å²) < 4.78 is 11.2. The second kappa shape index (κ2) is 8.29. The lowest BCUT2D eigenvalue weighted by molar-refractivity contribution is 0.0882. The Hall–Kier alpha value is -2.79. The molecule has 5 heteroatoms. The van der Waals surface area contributed by atoms with Crippen LogP contribution in [-0.2, 0) is 6.54 Å². The standard InChI is InChI=1S/C24H28N2O3/c1-16-6-4-9-21-17(2)23(29-22(16)21)24(27)25-19-10-12-26(13-11-19)15-18-7-5-8-20(14-18)28-3/h4-9,14,19H,10-13,15H2,1-3H3,(H,25,27). The Bertz CT molecular complexity index is 1020.